The van der Waals surface area contributed by atoms with Gasteiger partial charge in [0.15, 0.2) is 0 Å². The number of fused-ring (bicyclic) bond motifs is 1. The van der Waals surface area contributed by atoms with Crippen molar-refractivity contribution in [3.63, 3.8) is 0 Å². The number of aryl methyl sites for hydroxylation is 2. The van der Waals surface area contributed by atoms with E-state index in [2.05, 4.69) is 18.0 Å². The summed E-state index contributed by atoms with van der Waals surface area (Å²) in [5.74, 6) is -0.784. The van der Waals surface area contributed by atoms with Crippen molar-refractivity contribution >= 4 is 5.97 Å². The average Bonchev–Trinajstić information content (AvgIpc) is 2.49. The van der Waals surface area contributed by atoms with Crippen molar-refractivity contribution in [1.29, 1.82) is 0 Å². The van der Waals surface area contributed by atoms with Gasteiger partial charge in [-0.3, -0.25) is 14.7 Å². The fourth-order valence-electron chi connectivity index (χ4n) is 3.24. The molecule has 2 aromatic rings. The van der Waals surface area contributed by atoms with Crippen molar-refractivity contribution in [2.24, 2.45) is 0 Å². The van der Waals surface area contributed by atoms with Crippen molar-refractivity contribution in [2.75, 3.05) is 6.54 Å². The largest absolute Gasteiger partial charge is 0.480 e. The van der Waals surface area contributed by atoms with Crippen LogP contribution in [0.25, 0.3) is 0 Å². The molecule has 0 fully saturated rings. The monoisotopic (exact) mass is 296 g/mol. The van der Waals surface area contributed by atoms with E-state index in [1.807, 2.05) is 36.2 Å². The molecule has 22 heavy (non-hydrogen) atoms. The maximum atomic E-state index is 11.9. The maximum Gasteiger partial charge on any atom is 0.325 e. The third kappa shape index (κ3) is 2.62. The highest BCUT2D eigenvalue weighted by atomic mass is 16.4. The molecule has 1 N–H and O–H groups in total. The van der Waals surface area contributed by atoms with E-state index in [1.165, 1.54) is 11.1 Å². The van der Waals surface area contributed by atoms with Crippen LogP contribution in [0.15, 0.2) is 36.7 Å². The quantitative estimate of drug-likeness (QED) is 0.946. The molecule has 4 heteroatoms. The Morgan fingerprint density at radius 2 is 2.14 bits per heavy atom. The van der Waals surface area contributed by atoms with Gasteiger partial charge >= 0.3 is 5.97 Å². The molecule has 0 bridgehead atoms. The molecule has 1 aromatic heterocycles. The van der Waals surface area contributed by atoms with Crippen LogP contribution in [-0.4, -0.2) is 27.5 Å². The molecule has 0 aliphatic carbocycles. The first-order chi connectivity index (χ1) is 10.6. The zero-order valence-corrected chi connectivity index (χ0v) is 12.9. The Morgan fingerprint density at radius 3 is 2.86 bits per heavy atom. The van der Waals surface area contributed by atoms with Gasteiger partial charge in [-0.1, -0.05) is 18.2 Å². The van der Waals surface area contributed by atoms with Crippen LogP contribution in [0, 0.1) is 13.8 Å². The highest BCUT2D eigenvalue weighted by molar-refractivity contribution is 5.77. The van der Waals surface area contributed by atoms with Gasteiger partial charge in [0.1, 0.15) is 6.04 Å². The number of hydrogen-bond acceptors (Lipinski definition) is 3. The number of carboxylic acid groups (broad SMARTS) is 1. The van der Waals surface area contributed by atoms with Gasteiger partial charge < -0.3 is 5.11 Å². The summed E-state index contributed by atoms with van der Waals surface area (Å²) < 4.78 is 0. The third-order valence-electron chi connectivity index (χ3n) is 4.51. The molecule has 0 spiro atoms. The molecule has 114 valence electrons. The lowest BCUT2D eigenvalue weighted by molar-refractivity contribution is -0.144. The Labute approximate surface area is 130 Å². The lowest BCUT2D eigenvalue weighted by Gasteiger charge is -2.35. The summed E-state index contributed by atoms with van der Waals surface area (Å²) in [6.07, 6.45) is 4.49. The number of benzene rings is 1. The normalized spacial score (nSPS) is 18.0. The van der Waals surface area contributed by atoms with E-state index in [-0.39, 0.29) is 0 Å². The first-order valence-corrected chi connectivity index (χ1v) is 7.52. The lowest BCUT2D eigenvalue weighted by atomic mass is 9.89. The number of hydrogen-bond donors (Lipinski definition) is 1. The van der Waals surface area contributed by atoms with Crippen LogP contribution in [0.4, 0.5) is 0 Å². The fraction of sp³-hybridized carbons (Fsp3) is 0.333. The minimum Gasteiger partial charge on any atom is -0.480 e. The van der Waals surface area contributed by atoms with Gasteiger partial charge in [0.25, 0.3) is 0 Å². The van der Waals surface area contributed by atoms with Crippen LogP contribution in [0.5, 0.6) is 0 Å². The highest BCUT2D eigenvalue weighted by Crippen LogP contribution is 2.33. The molecule has 2 heterocycles. The van der Waals surface area contributed by atoms with Crippen LogP contribution >= 0.6 is 0 Å². The number of nitrogens with zero attached hydrogens (tertiary/aromatic N) is 2. The molecule has 1 atom stereocenters. The van der Waals surface area contributed by atoms with Crippen molar-refractivity contribution in [3.8, 4) is 0 Å². The standard InChI is InChI=1S/C18H20N2O2/c1-12-6-8-19-10-14(12)11-20-9-7-15-13(2)4-3-5-16(15)17(20)18(21)22/h3-6,8,10,17H,7,9,11H2,1-2H3,(H,21,22). The predicted molar refractivity (Wildman–Crippen MR) is 84.6 cm³/mol. The Morgan fingerprint density at radius 1 is 1.32 bits per heavy atom. The molecule has 1 aliphatic heterocycles. The molecule has 0 radical (unpaired) electrons. The number of aliphatic carboxylic acids is 1. The topological polar surface area (TPSA) is 53.4 Å². The van der Waals surface area contributed by atoms with E-state index in [0.717, 1.165) is 29.7 Å². The van der Waals surface area contributed by atoms with Gasteiger partial charge in [0.05, 0.1) is 0 Å². The number of carboxylic acids is 1. The summed E-state index contributed by atoms with van der Waals surface area (Å²) in [5.41, 5.74) is 5.54. The fourth-order valence-corrected chi connectivity index (χ4v) is 3.24. The number of carbonyl (C=O) groups is 1. The third-order valence-corrected chi connectivity index (χ3v) is 4.51. The summed E-state index contributed by atoms with van der Waals surface area (Å²) >= 11 is 0. The van der Waals surface area contributed by atoms with Crippen LogP contribution in [0.2, 0.25) is 0 Å². The van der Waals surface area contributed by atoms with E-state index in [0.29, 0.717) is 6.54 Å². The summed E-state index contributed by atoms with van der Waals surface area (Å²) in [5, 5.41) is 9.74. The summed E-state index contributed by atoms with van der Waals surface area (Å²) in [6.45, 7) is 5.46. The summed E-state index contributed by atoms with van der Waals surface area (Å²) in [7, 11) is 0. The van der Waals surface area contributed by atoms with Crippen molar-refractivity contribution in [3.05, 3.63) is 64.5 Å². The molecule has 0 saturated carbocycles. The second-order valence-electron chi connectivity index (χ2n) is 5.91. The van der Waals surface area contributed by atoms with Gasteiger partial charge in [-0.15, -0.1) is 0 Å². The van der Waals surface area contributed by atoms with E-state index in [9.17, 15) is 9.90 Å². The minimum atomic E-state index is -0.784. The van der Waals surface area contributed by atoms with Gasteiger partial charge in [0, 0.05) is 25.5 Å². The van der Waals surface area contributed by atoms with Gasteiger partial charge in [-0.25, -0.2) is 0 Å². The van der Waals surface area contributed by atoms with E-state index < -0.39 is 12.0 Å². The zero-order chi connectivity index (χ0) is 15.7. The van der Waals surface area contributed by atoms with Gasteiger partial charge in [0.2, 0.25) is 0 Å². The number of rotatable bonds is 3. The number of aromatic nitrogens is 1. The second kappa shape index (κ2) is 5.89. The Balaban J connectivity index is 1.96. The zero-order valence-electron chi connectivity index (χ0n) is 12.9. The molecule has 1 aliphatic rings. The van der Waals surface area contributed by atoms with Crippen molar-refractivity contribution < 1.29 is 9.90 Å². The molecule has 1 aromatic carbocycles. The molecular formula is C18H20N2O2. The first kappa shape index (κ1) is 14.7. The van der Waals surface area contributed by atoms with Crippen molar-refractivity contribution in [2.45, 2.75) is 32.9 Å². The summed E-state index contributed by atoms with van der Waals surface area (Å²) in [4.78, 5) is 18.1. The lowest BCUT2D eigenvalue weighted by Crippen LogP contribution is -2.39. The Kier molecular flexibility index (Phi) is 3.94. The van der Waals surface area contributed by atoms with Crippen LogP contribution < -0.4 is 0 Å². The van der Waals surface area contributed by atoms with Gasteiger partial charge in [-0.05, 0) is 54.2 Å². The molecule has 1 unspecified atom stereocenters. The Hall–Kier alpha value is -2.20. The average molecular weight is 296 g/mol. The van der Waals surface area contributed by atoms with Crippen LogP contribution in [-0.2, 0) is 17.8 Å². The summed E-state index contributed by atoms with van der Waals surface area (Å²) in [6, 6.07) is 7.33. The van der Waals surface area contributed by atoms with Crippen LogP contribution in [0.3, 0.4) is 0 Å². The minimum absolute atomic E-state index is 0.580. The van der Waals surface area contributed by atoms with Crippen molar-refractivity contribution in [1.82, 2.24) is 9.88 Å². The highest BCUT2D eigenvalue weighted by Gasteiger charge is 2.33. The Bertz CT molecular complexity index is 712. The van der Waals surface area contributed by atoms with Gasteiger partial charge in [-0.2, -0.15) is 0 Å². The van der Waals surface area contributed by atoms with E-state index in [4.69, 9.17) is 0 Å². The number of pyridine rings is 1. The second-order valence-corrected chi connectivity index (χ2v) is 5.91. The smallest absolute Gasteiger partial charge is 0.325 e. The SMILES string of the molecule is Cc1ccncc1CN1CCc2c(C)cccc2C1C(=O)O. The van der Waals surface area contributed by atoms with E-state index in [1.54, 1.807) is 6.20 Å². The molecule has 4 nitrogen and oxygen atoms in total. The predicted octanol–water partition coefficient (Wildman–Crippen LogP) is 2.88. The van der Waals surface area contributed by atoms with Crippen LogP contribution in [0.1, 0.15) is 33.9 Å². The molecule has 3 rings (SSSR count). The van der Waals surface area contributed by atoms with E-state index >= 15 is 0 Å². The first-order valence-electron chi connectivity index (χ1n) is 7.52. The molecular weight excluding hydrogens is 276 g/mol. The maximum absolute atomic E-state index is 11.9. The molecule has 0 saturated heterocycles. The molecule has 0 amide bonds.